The lowest BCUT2D eigenvalue weighted by atomic mass is 10.2. The number of aryl methyl sites for hydroxylation is 1. The number of hydrogen-bond acceptors (Lipinski definition) is 6. The van der Waals surface area contributed by atoms with Crippen LogP contribution in [0.1, 0.15) is 12.5 Å². The third kappa shape index (κ3) is 5.71. The second-order valence-electron chi connectivity index (χ2n) is 4.78. The van der Waals surface area contributed by atoms with Gasteiger partial charge in [0.05, 0.1) is 11.5 Å². The summed E-state index contributed by atoms with van der Waals surface area (Å²) in [4.78, 5) is 11.6. The molecule has 0 amide bonds. The largest absolute Gasteiger partial charge is 0.465 e. The summed E-state index contributed by atoms with van der Waals surface area (Å²) in [6.45, 7) is 2.90. The summed E-state index contributed by atoms with van der Waals surface area (Å²) >= 11 is 0. The molecule has 8 nitrogen and oxygen atoms in total. The molecular weight excluding hydrogens is 343 g/mol. The Hall–Kier alpha value is -1.25. The molecular formula is C13H21N2O6PS. The van der Waals surface area contributed by atoms with E-state index in [1.807, 2.05) is 6.92 Å². The minimum atomic E-state index is -4.07. The molecule has 0 aliphatic carbocycles. The van der Waals surface area contributed by atoms with Gasteiger partial charge in [-0.3, -0.25) is 14.9 Å². The zero-order chi connectivity index (χ0) is 17.7. The van der Waals surface area contributed by atoms with Gasteiger partial charge in [0.15, 0.2) is 0 Å². The number of hydrogen-bond donors (Lipinski definition) is 1. The Morgan fingerprint density at radius 1 is 1.30 bits per heavy atom. The number of benzene rings is 1. The van der Waals surface area contributed by atoms with Crippen LogP contribution in [0.2, 0.25) is 0 Å². The summed E-state index contributed by atoms with van der Waals surface area (Å²) < 4.78 is 47.4. The number of ether oxygens (including phenoxy) is 1. The van der Waals surface area contributed by atoms with Gasteiger partial charge in [-0.1, -0.05) is 17.7 Å². The van der Waals surface area contributed by atoms with E-state index in [4.69, 9.17) is 10.2 Å². The van der Waals surface area contributed by atoms with E-state index in [-0.39, 0.29) is 11.5 Å². The standard InChI is InChI=1S/C13H21N2O6PS/c1-4-21-13(16)9-15(10-22(14,17)20-3)23(18,19)12-7-5-11(2)6-8-12/h5-8H,4,9-10H2,1-3H3,(H2,14,17). The van der Waals surface area contributed by atoms with Crippen LogP contribution < -0.4 is 5.50 Å². The molecule has 0 heterocycles. The first-order valence-electron chi connectivity index (χ1n) is 6.78. The highest BCUT2D eigenvalue weighted by Crippen LogP contribution is 2.38. The van der Waals surface area contributed by atoms with Crippen molar-refractivity contribution >= 4 is 23.5 Å². The highest BCUT2D eigenvalue weighted by atomic mass is 32.2. The quantitative estimate of drug-likeness (QED) is 0.546. The minimum absolute atomic E-state index is 0.0384. The van der Waals surface area contributed by atoms with Crippen molar-refractivity contribution in [1.82, 2.24) is 4.31 Å². The van der Waals surface area contributed by atoms with Crippen molar-refractivity contribution in [2.45, 2.75) is 18.7 Å². The van der Waals surface area contributed by atoms with Gasteiger partial charge in [0.1, 0.15) is 12.8 Å². The third-order valence-corrected chi connectivity index (χ3v) is 6.28. The maximum atomic E-state index is 12.7. The Morgan fingerprint density at radius 2 is 1.87 bits per heavy atom. The van der Waals surface area contributed by atoms with Gasteiger partial charge in [-0.25, -0.2) is 8.42 Å². The predicted molar refractivity (Wildman–Crippen MR) is 85.4 cm³/mol. The molecule has 10 heteroatoms. The molecule has 0 spiro atoms. The number of rotatable bonds is 8. The van der Waals surface area contributed by atoms with Crippen LogP contribution >= 0.6 is 7.52 Å². The van der Waals surface area contributed by atoms with Gasteiger partial charge in [0.2, 0.25) is 10.0 Å². The molecule has 0 saturated carbocycles. The van der Waals surface area contributed by atoms with Crippen molar-refractivity contribution in [1.29, 1.82) is 0 Å². The van der Waals surface area contributed by atoms with Crippen molar-refractivity contribution in [3.05, 3.63) is 29.8 Å². The number of esters is 1. The van der Waals surface area contributed by atoms with Crippen LogP contribution in [0.15, 0.2) is 29.2 Å². The molecule has 130 valence electrons. The molecule has 1 unspecified atom stereocenters. The Bertz CT molecular complexity index is 689. The predicted octanol–water partition coefficient (Wildman–Crippen LogP) is 1.30. The Kier molecular flexibility index (Phi) is 6.91. The molecule has 0 radical (unpaired) electrons. The molecule has 0 aromatic heterocycles. The van der Waals surface area contributed by atoms with Crippen LogP contribution in [0.5, 0.6) is 0 Å². The molecule has 0 bridgehead atoms. The van der Waals surface area contributed by atoms with Gasteiger partial charge in [0.25, 0.3) is 7.52 Å². The smallest absolute Gasteiger partial charge is 0.321 e. The molecule has 0 aliphatic rings. The van der Waals surface area contributed by atoms with Gasteiger partial charge in [-0.15, -0.1) is 0 Å². The normalized spacial score (nSPS) is 14.5. The number of carbonyl (C=O) groups is 1. The summed E-state index contributed by atoms with van der Waals surface area (Å²) in [5, 5.41) is 0. The average Bonchev–Trinajstić information content (AvgIpc) is 2.47. The zero-order valence-electron chi connectivity index (χ0n) is 13.3. The number of nitrogens with zero attached hydrogens (tertiary/aromatic N) is 1. The highest BCUT2D eigenvalue weighted by molar-refractivity contribution is 7.89. The van der Waals surface area contributed by atoms with Crippen molar-refractivity contribution in [2.75, 3.05) is 26.5 Å². The van der Waals surface area contributed by atoms with Crippen molar-refractivity contribution < 1.29 is 27.0 Å². The summed E-state index contributed by atoms with van der Waals surface area (Å²) in [6, 6.07) is 6.04. The summed E-state index contributed by atoms with van der Waals surface area (Å²) in [7, 11) is -6.65. The SMILES string of the molecule is CCOC(=O)CN(CP(N)(=O)OC)S(=O)(=O)c1ccc(C)cc1. The highest BCUT2D eigenvalue weighted by Gasteiger charge is 2.32. The van der Waals surface area contributed by atoms with Gasteiger partial charge in [-0.05, 0) is 26.0 Å². The van der Waals surface area contributed by atoms with E-state index >= 15 is 0 Å². The lowest BCUT2D eigenvalue weighted by molar-refractivity contribution is -0.143. The Balaban J connectivity index is 3.17. The molecule has 0 fully saturated rings. The van der Waals surface area contributed by atoms with Crippen LogP contribution in [0.25, 0.3) is 0 Å². The van der Waals surface area contributed by atoms with Gasteiger partial charge < -0.3 is 9.26 Å². The number of carbonyl (C=O) groups excluding carboxylic acids is 1. The fourth-order valence-electron chi connectivity index (χ4n) is 1.70. The van der Waals surface area contributed by atoms with Crippen molar-refractivity contribution in [3.8, 4) is 0 Å². The fraction of sp³-hybridized carbons (Fsp3) is 0.462. The summed E-state index contributed by atoms with van der Waals surface area (Å²) in [5.41, 5.74) is 6.32. The van der Waals surface area contributed by atoms with Crippen LogP contribution in [0.3, 0.4) is 0 Å². The van der Waals surface area contributed by atoms with Crippen LogP contribution in [-0.4, -0.2) is 45.2 Å². The molecule has 1 aromatic carbocycles. The van der Waals surface area contributed by atoms with E-state index in [0.29, 0.717) is 4.31 Å². The van der Waals surface area contributed by atoms with Crippen LogP contribution in [0.4, 0.5) is 0 Å². The van der Waals surface area contributed by atoms with Gasteiger partial charge in [0, 0.05) is 7.11 Å². The maximum absolute atomic E-state index is 12.7. The first kappa shape index (κ1) is 19.8. The number of sulfonamides is 1. The van der Waals surface area contributed by atoms with E-state index in [0.717, 1.165) is 12.7 Å². The molecule has 1 atom stereocenters. The van der Waals surface area contributed by atoms with E-state index in [2.05, 4.69) is 4.52 Å². The molecule has 2 N–H and O–H groups in total. The van der Waals surface area contributed by atoms with E-state index in [1.54, 1.807) is 19.1 Å². The minimum Gasteiger partial charge on any atom is -0.465 e. The van der Waals surface area contributed by atoms with E-state index < -0.39 is 36.3 Å². The monoisotopic (exact) mass is 364 g/mol. The van der Waals surface area contributed by atoms with E-state index in [1.165, 1.54) is 12.1 Å². The zero-order valence-corrected chi connectivity index (χ0v) is 15.0. The topological polar surface area (TPSA) is 116 Å². The van der Waals surface area contributed by atoms with Gasteiger partial charge >= 0.3 is 5.97 Å². The Morgan fingerprint density at radius 3 is 2.35 bits per heavy atom. The summed E-state index contributed by atoms with van der Waals surface area (Å²) in [5.74, 6) is -0.765. The van der Waals surface area contributed by atoms with E-state index in [9.17, 15) is 17.8 Å². The lowest BCUT2D eigenvalue weighted by Gasteiger charge is -2.23. The first-order chi connectivity index (χ1) is 10.6. The molecule has 1 aromatic rings. The second-order valence-corrected chi connectivity index (χ2v) is 8.82. The third-order valence-electron chi connectivity index (χ3n) is 2.93. The Labute approximate surface area is 136 Å². The first-order valence-corrected chi connectivity index (χ1v) is 10.1. The summed E-state index contributed by atoms with van der Waals surface area (Å²) in [6.07, 6.45) is -0.626. The molecule has 0 aliphatic heterocycles. The fourth-order valence-corrected chi connectivity index (χ4v) is 4.50. The average molecular weight is 364 g/mol. The molecule has 0 saturated heterocycles. The van der Waals surface area contributed by atoms with Crippen LogP contribution in [-0.2, 0) is 28.6 Å². The van der Waals surface area contributed by atoms with Crippen LogP contribution in [0, 0.1) is 6.92 Å². The maximum Gasteiger partial charge on any atom is 0.321 e. The van der Waals surface area contributed by atoms with Crippen molar-refractivity contribution in [2.24, 2.45) is 5.50 Å². The second kappa shape index (κ2) is 8.03. The number of nitrogens with two attached hydrogens (primary N) is 1. The molecule has 23 heavy (non-hydrogen) atoms. The van der Waals surface area contributed by atoms with Gasteiger partial charge in [-0.2, -0.15) is 4.31 Å². The lowest BCUT2D eigenvalue weighted by Crippen LogP contribution is -2.38. The molecule has 1 rings (SSSR count). The van der Waals surface area contributed by atoms with Crippen molar-refractivity contribution in [3.63, 3.8) is 0 Å².